The summed E-state index contributed by atoms with van der Waals surface area (Å²) in [5.74, 6) is 0.841. The van der Waals surface area contributed by atoms with Gasteiger partial charge in [-0.05, 0) is 56.5 Å². The molecule has 2 fully saturated rings. The minimum atomic E-state index is -0.00370. The number of benzene rings is 2. The number of likely N-dealkylation sites (tertiary alicyclic amines) is 2. The molecule has 1 aromatic heterocycles. The third-order valence-corrected chi connectivity index (χ3v) is 6.65. The average Bonchev–Trinajstić information content (AvgIpc) is 3.35. The minimum Gasteiger partial charge on any atom is -0.330 e. The lowest BCUT2D eigenvalue weighted by atomic mass is 10.0. The van der Waals surface area contributed by atoms with Crippen LogP contribution in [0.5, 0.6) is 0 Å². The van der Waals surface area contributed by atoms with E-state index >= 15 is 0 Å². The van der Waals surface area contributed by atoms with Crippen LogP contribution >= 0.6 is 0 Å². The summed E-state index contributed by atoms with van der Waals surface area (Å²) < 4.78 is 0. The SMILES string of the molecule is O=C(c1ccccc1CN1CCCCC1)N1CCC[C@@H]1c1ccnc(-c2ccccc2)n1. The van der Waals surface area contributed by atoms with Crippen molar-refractivity contribution in [3.05, 3.63) is 83.7 Å². The van der Waals surface area contributed by atoms with Crippen molar-refractivity contribution in [3.63, 3.8) is 0 Å². The van der Waals surface area contributed by atoms with Crippen molar-refractivity contribution >= 4 is 5.91 Å². The Morgan fingerprint density at radius 3 is 2.50 bits per heavy atom. The van der Waals surface area contributed by atoms with Crippen LogP contribution in [0, 0.1) is 0 Å². The van der Waals surface area contributed by atoms with E-state index in [1.165, 1.54) is 19.3 Å². The third-order valence-electron chi connectivity index (χ3n) is 6.65. The number of nitrogens with zero attached hydrogens (tertiary/aromatic N) is 4. The molecule has 0 aliphatic carbocycles. The summed E-state index contributed by atoms with van der Waals surface area (Å²) in [4.78, 5) is 27.5. The number of carbonyl (C=O) groups is 1. The molecule has 2 aromatic carbocycles. The first-order chi connectivity index (χ1) is 15.8. The van der Waals surface area contributed by atoms with Crippen molar-refractivity contribution in [2.24, 2.45) is 0 Å². The van der Waals surface area contributed by atoms with Gasteiger partial charge in [-0.25, -0.2) is 9.97 Å². The molecule has 5 rings (SSSR count). The highest BCUT2D eigenvalue weighted by atomic mass is 16.2. The molecular weight excluding hydrogens is 396 g/mol. The van der Waals surface area contributed by atoms with E-state index < -0.39 is 0 Å². The Morgan fingerprint density at radius 1 is 0.875 bits per heavy atom. The van der Waals surface area contributed by atoms with Crippen LogP contribution in [0.15, 0.2) is 66.9 Å². The fraction of sp³-hybridized carbons (Fsp3) is 0.370. The van der Waals surface area contributed by atoms with Crippen molar-refractivity contribution in [1.82, 2.24) is 19.8 Å². The number of piperidine rings is 1. The van der Waals surface area contributed by atoms with Crippen LogP contribution in [0.1, 0.15) is 59.8 Å². The Labute approximate surface area is 190 Å². The standard InChI is InChI=1S/C27H30N4O/c32-27(23-13-6-5-12-22(23)20-30-17-7-2-8-18-30)31-19-9-14-25(31)24-15-16-28-26(29-24)21-10-3-1-4-11-21/h1,3-6,10-13,15-16,25H,2,7-9,14,17-20H2/t25-/m1/s1. The molecule has 1 atom stereocenters. The van der Waals surface area contributed by atoms with E-state index in [4.69, 9.17) is 4.98 Å². The lowest BCUT2D eigenvalue weighted by Gasteiger charge is -2.29. The van der Waals surface area contributed by atoms with Crippen molar-refractivity contribution in [1.29, 1.82) is 0 Å². The Morgan fingerprint density at radius 2 is 1.66 bits per heavy atom. The summed E-state index contributed by atoms with van der Waals surface area (Å²) >= 11 is 0. The summed E-state index contributed by atoms with van der Waals surface area (Å²) in [6.07, 6.45) is 7.57. The maximum absolute atomic E-state index is 13.7. The number of hydrogen-bond acceptors (Lipinski definition) is 4. The molecule has 0 bridgehead atoms. The number of amides is 1. The molecule has 164 valence electrons. The zero-order valence-electron chi connectivity index (χ0n) is 18.5. The Kier molecular flexibility index (Phi) is 6.26. The Hall–Kier alpha value is -3.05. The monoisotopic (exact) mass is 426 g/mol. The van der Waals surface area contributed by atoms with Gasteiger partial charge < -0.3 is 4.90 Å². The second-order valence-corrected chi connectivity index (χ2v) is 8.82. The second kappa shape index (κ2) is 9.61. The maximum atomic E-state index is 13.7. The van der Waals surface area contributed by atoms with Gasteiger partial charge in [-0.3, -0.25) is 9.69 Å². The van der Waals surface area contributed by atoms with E-state index in [9.17, 15) is 4.79 Å². The van der Waals surface area contributed by atoms with Gasteiger partial charge in [0.2, 0.25) is 0 Å². The predicted molar refractivity (Wildman–Crippen MR) is 126 cm³/mol. The van der Waals surface area contributed by atoms with E-state index in [1.807, 2.05) is 65.7 Å². The molecule has 2 aliphatic rings. The number of rotatable bonds is 5. The molecule has 0 spiro atoms. The summed E-state index contributed by atoms with van der Waals surface area (Å²) in [6.45, 7) is 3.87. The molecular formula is C27H30N4O. The summed E-state index contributed by atoms with van der Waals surface area (Å²) in [6, 6.07) is 20.1. The van der Waals surface area contributed by atoms with Gasteiger partial charge >= 0.3 is 0 Å². The molecule has 1 amide bonds. The van der Waals surface area contributed by atoms with Crippen LogP contribution in [0.3, 0.4) is 0 Å². The highest BCUT2D eigenvalue weighted by molar-refractivity contribution is 5.96. The fourth-order valence-corrected chi connectivity index (χ4v) is 4.98. The number of hydrogen-bond donors (Lipinski definition) is 0. The number of carbonyl (C=O) groups excluding carboxylic acids is 1. The van der Waals surface area contributed by atoms with Crippen LogP contribution in [-0.2, 0) is 6.54 Å². The van der Waals surface area contributed by atoms with Crippen LogP contribution in [0.2, 0.25) is 0 Å². The lowest BCUT2D eigenvalue weighted by Crippen LogP contribution is -2.33. The third kappa shape index (κ3) is 4.44. The maximum Gasteiger partial charge on any atom is 0.254 e. The number of aromatic nitrogens is 2. The van der Waals surface area contributed by atoms with Gasteiger partial charge in [-0.1, -0.05) is 55.0 Å². The van der Waals surface area contributed by atoms with Crippen LogP contribution in [0.4, 0.5) is 0 Å². The van der Waals surface area contributed by atoms with Crippen molar-refractivity contribution in [2.75, 3.05) is 19.6 Å². The van der Waals surface area contributed by atoms with Gasteiger partial charge in [0.05, 0.1) is 11.7 Å². The Balaban J connectivity index is 1.39. The van der Waals surface area contributed by atoms with Gasteiger partial charge in [-0.2, -0.15) is 0 Å². The molecule has 0 N–H and O–H groups in total. The highest BCUT2D eigenvalue weighted by Crippen LogP contribution is 2.33. The van der Waals surface area contributed by atoms with Crippen molar-refractivity contribution in [2.45, 2.75) is 44.7 Å². The molecule has 32 heavy (non-hydrogen) atoms. The average molecular weight is 427 g/mol. The largest absolute Gasteiger partial charge is 0.330 e. The first-order valence-corrected chi connectivity index (χ1v) is 11.8. The van der Waals surface area contributed by atoms with Gasteiger partial charge in [0.1, 0.15) is 0 Å². The molecule has 0 unspecified atom stereocenters. The van der Waals surface area contributed by atoms with Crippen LogP contribution < -0.4 is 0 Å². The fourth-order valence-electron chi connectivity index (χ4n) is 4.98. The normalized spacial score (nSPS) is 19.2. The lowest BCUT2D eigenvalue weighted by molar-refractivity contribution is 0.0730. The van der Waals surface area contributed by atoms with E-state index in [1.54, 1.807) is 0 Å². The van der Waals surface area contributed by atoms with Crippen molar-refractivity contribution in [3.8, 4) is 11.4 Å². The van der Waals surface area contributed by atoms with Gasteiger partial charge in [0, 0.05) is 30.4 Å². The quantitative estimate of drug-likeness (QED) is 0.569. The van der Waals surface area contributed by atoms with E-state index in [-0.39, 0.29) is 11.9 Å². The summed E-state index contributed by atoms with van der Waals surface area (Å²) in [7, 11) is 0. The molecule has 5 nitrogen and oxygen atoms in total. The van der Waals surface area contributed by atoms with Crippen LogP contribution in [0.25, 0.3) is 11.4 Å². The molecule has 2 saturated heterocycles. The van der Waals surface area contributed by atoms with Crippen LogP contribution in [-0.4, -0.2) is 45.3 Å². The van der Waals surface area contributed by atoms with Gasteiger partial charge in [-0.15, -0.1) is 0 Å². The smallest absolute Gasteiger partial charge is 0.254 e. The van der Waals surface area contributed by atoms with Crippen molar-refractivity contribution < 1.29 is 4.79 Å². The van der Waals surface area contributed by atoms with E-state index in [0.717, 1.165) is 61.4 Å². The first kappa shape index (κ1) is 20.8. The first-order valence-electron chi connectivity index (χ1n) is 11.8. The van der Waals surface area contributed by atoms with E-state index in [2.05, 4.69) is 16.0 Å². The molecule has 5 heteroatoms. The summed E-state index contributed by atoms with van der Waals surface area (Å²) in [5, 5.41) is 0. The summed E-state index contributed by atoms with van der Waals surface area (Å²) in [5.41, 5.74) is 3.90. The second-order valence-electron chi connectivity index (χ2n) is 8.82. The Bertz CT molecular complexity index is 1060. The zero-order chi connectivity index (χ0) is 21.8. The van der Waals surface area contributed by atoms with E-state index in [0.29, 0.717) is 5.82 Å². The zero-order valence-corrected chi connectivity index (χ0v) is 18.5. The molecule has 3 aromatic rings. The molecule has 2 aliphatic heterocycles. The highest BCUT2D eigenvalue weighted by Gasteiger charge is 2.32. The molecule has 0 radical (unpaired) electrons. The molecule has 0 saturated carbocycles. The topological polar surface area (TPSA) is 49.3 Å². The van der Waals surface area contributed by atoms with Gasteiger partial charge in [0.15, 0.2) is 5.82 Å². The molecule has 3 heterocycles. The predicted octanol–water partition coefficient (Wildman–Crippen LogP) is 5.11. The minimum absolute atomic E-state index is 0.00370. The van der Waals surface area contributed by atoms with Gasteiger partial charge in [0.25, 0.3) is 5.91 Å².